The third-order valence-electron chi connectivity index (χ3n) is 3.12. The Morgan fingerprint density at radius 3 is 2.61 bits per heavy atom. The highest BCUT2D eigenvalue weighted by atomic mass is 127. The van der Waals surface area contributed by atoms with Crippen LogP contribution in [0.1, 0.15) is 10.4 Å². The molecule has 1 heterocycles. The molecule has 1 amide bonds. The summed E-state index contributed by atoms with van der Waals surface area (Å²) in [5.41, 5.74) is 2.32. The average Bonchev–Trinajstić information content (AvgIpc) is 2.86. The van der Waals surface area contributed by atoms with Crippen molar-refractivity contribution in [3.63, 3.8) is 0 Å². The molecule has 2 aromatic carbocycles. The quantitative estimate of drug-likeness (QED) is 0.366. The summed E-state index contributed by atoms with van der Waals surface area (Å²) >= 11 is 7.25. The Morgan fingerprint density at radius 2 is 1.83 bits per heavy atom. The van der Waals surface area contributed by atoms with Crippen LogP contribution in [0.25, 0.3) is 11.0 Å². The van der Waals surface area contributed by atoms with E-state index in [0.29, 0.717) is 22.3 Å². The number of imidazole rings is 1. The number of fused-ring (bicyclic) bond motifs is 1. The average molecular weight is 438 g/mol. The van der Waals surface area contributed by atoms with Crippen LogP contribution in [0.5, 0.6) is 0 Å². The van der Waals surface area contributed by atoms with E-state index in [9.17, 15) is 9.59 Å². The highest BCUT2D eigenvalue weighted by Gasteiger charge is 2.11. The summed E-state index contributed by atoms with van der Waals surface area (Å²) in [6.45, 7) is 0. The first-order valence-corrected chi connectivity index (χ1v) is 8.10. The highest BCUT2D eigenvalue weighted by molar-refractivity contribution is 14.1. The minimum atomic E-state index is -0.274. The van der Waals surface area contributed by atoms with Gasteiger partial charge in [-0.2, -0.15) is 0 Å². The first-order chi connectivity index (χ1) is 11.0. The number of thiocarbonyl (C=S) groups is 1. The molecule has 0 atom stereocenters. The van der Waals surface area contributed by atoms with Gasteiger partial charge in [-0.05, 0) is 65.1 Å². The number of halogens is 1. The van der Waals surface area contributed by atoms with Gasteiger partial charge in [-0.1, -0.05) is 12.1 Å². The van der Waals surface area contributed by atoms with Crippen LogP contribution >= 0.6 is 34.8 Å². The van der Waals surface area contributed by atoms with Gasteiger partial charge in [-0.15, -0.1) is 0 Å². The molecule has 0 unspecified atom stereocenters. The van der Waals surface area contributed by atoms with E-state index in [1.165, 1.54) is 0 Å². The van der Waals surface area contributed by atoms with Gasteiger partial charge in [0.25, 0.3) is 5.91 Å². The molecule has 0 radical (unpaired) electrons. The SMILES string of the molecule is O=C(NC(=S)Nc1ccc2[nH]c(=O)[nH]c2c1)c1ccccc1I. The molecule has 0 spiro atoms. The number of rotatable bonds is 2. The monoisotopic (exact) mass is 438 g/mol. The fraction of sp³-hybridized carbons (Fsp3) is 0. The lowest BCUT2D eigenvalue weighted by Gasteiger charge is -2.10. The molecule has 3 rings (SSSR count). The van der Waals surface area contributed by atoms with Gasteiger partial charge in [0.15, 0.2) is 5.11 Å². The first kappa shape index (κ1) is 15.7. The molecule has 8 heteroatoms. The van der Waals surface area contributed by atoms with Gasteiger partial charge in [0.05, 0.1) is 16.6 Å². The Kier molecular flexibility index (Phi) is 4.44. The zero-order chi connectivity index (χ0) is 16.4. The van der Waals surface area contributed by atoms with Gasteiger partial charge in [-0.3, -0.25) is 10.1 Å². The van der Waals surface area contributed by atoms with Crippen molar-refractivity contribution in [1.82, 2.24) is 15.3 Å². The lowest BCUT2D eigenvalue weighted by molar-refractivity contribution is 0.0977. The molecular weight excluding hydrogens is 427 g/mol. The maximum absolute atomic E-state index is 12.2. The summed E-state index contributed by atoms with van der Waals surface area (Å²) in [5.74, 6) is -0.274. The number of anilines is 1. The van der Waals surface area contributed by atoms with Gasteiger partial charge in [0.2, 0.25) is 0 Å². The fourth-order valence-corrected chi connectivity index (χ4v) is 2.93. The number of hydrogen-bond acceptors (Lipinski definition) is 3. The number of nitrogens with one attached hydrogen (secondary N) is 4. The summed E-state index contributed by atoms with van der Waals surface area (Å²) in [4.78, 5) is 28.7. The van der Waals surface area contributed by atoms with Gasteiger partial charge in [-0.25, -0.2) is 4.79 Å². The van der Waals surface area contributed by atoms with E-state index in [2.05, 4.69) is 43.2 Å². The second kappa shape index (κ2) is 6.50. The van der Waals surface area contributed by atoms with Crippen LogP contribution in [0.4, 0.5) is 5.69 Å². The van der Waals surface area contributed by atoms with Crippen molar-refractivity contribution in [3.8, 4) is 0 Å². The van der Waals surface area contributed by atoms with Crippen molar-refractivity contribution < 1.29 is 4.79 Å². The standard InChI is InChI=1S/C15H11IN4O2S/c16-10-4-2-1-3-9(10)13(21)20-15(23)17-8-5-6-11-12(7-8)19-14(22)18-11/h1-7H,(H2,18,19,22)(H2,17,20,21,23). The third-order valence-corrected chi connectivity index (χ3v) is 4.26. The molecule has 3 aromatic rings. The van der Waals surface area contributed by atoms with Crippen LogP contribution in [0, 0.1) is 3.57 Å². The number of carbonyl (C=O) groups excluding carboxylic acids is 1. The number of amides is 1. The van der Waals surface area contributed by atoms with Crippen molar-refractivity contribution in [3.05, 3.63) is 62.1 Å². The molecule has 0 aliphatic rings. The van der Waals surface area contributed by atoms with Gasteiger partial charge in [0.1, 0.15) is 0 Å². The van der Waals surface area contributed by atoms with Crippen molar-refractivity contribution in [2.45, 2.75) is 0 Å². The Morgan fingerprint density at radius 1 is 1.09 bits per heavy atom. The first-order valence-electron chi connectivity index (χ1n) is 6.62. The summed E-state index contributed by atoms with van der Waals surface area (Å²) in [6.07, 6.45) is 0. The van der Waals surface area contributed by atoms with E-state index < -0.39 is 0 Å². The zero-order valence-electron chi connectivity index (χ0n) is 11.6. The maximum atomic E-state index is 12.2. The van der Waals surface area contributed by atoms with Crippen molar-refractivity contribution in [2.24, 2.45) is 0 Å². The van der Waals surface area contributed by atoms with E-state index in [1.807, 2.05) is 12.1 Å². The van der Waals surface area contributed by atoms with Crippen LogP contribution in [0.2, 0.25) is 0 Å². The highest BCUT2D eigenvalue weighted by Crippen LogP contribution is 2.15. The van der Waals surface area contributed by atoms with Crippen LogP contribution in [-0.4, -0.2) is 21.0 Å². The Labute approximate surface area is 149 Å². The topological polar surface area (TPSA) is 89.8 Å². The number of aromatic nitrogens is 2. The maximum Gasteiger partial charge on any atom is 0.323 e. The largest absolute Gasteiger partial charge is 0.332 e. The summed E-state index contributed by atoms with van der Waals surface area (Å²) in [6, 6.07) is 12.5. The molecule has 6 nitrogen and oxygen atoms in total. The fourth-order valence-electron chi connectivity index (χ4n) is 2.09. The number of benzene rings is 2. The predicted molar refractivity (Wildman–Crippen MR) is 102 cm³/mol. The smallest absolute Gasteiger partial charge is 0.323 e. The predicted octanol–water partition coefficient (Wildman–Crippen LogP) is 2.59. The molecule has 1 aromatic heterocycles. The Bertz CT molecular complexity index is 963. The third kappa shape index (κ3) is 3.59. The van der Waals surface area contributed by atoms with Crippen LogP contribution < -0.4 is 16.3 Å². The zero-order valence-corrected chi connectivity index (χ0v) is 14.6. The molecule has 0 saturated carbocycles. The number of aromatic amines is 2. The molecule has 4 N–H and O–H groups in total. The summed E-state index contributed by atoms with van der Waals surface area (Å²) < 4.78 is 0.844. The van der Waals surface area contributed by atoms with Crippen LogP contribution in [0.15, 0.2) is 47.3 Å². The Balaban J connectivity index is 1.72. The minimum Gasteiger partial charge on any atom is -0.332 e. The number of hydrogen-bond donors (Lipinski definition) is 4. The van der Waals surface area contributed by atoms with Crippen LogP contribution in [0.3, 0.4) is 0 Å². The van der Waals surface area contributed by atoms with Crippen molar-refractivity contribution in [1.29, 1.82) is 0 Å². The normalized spacial score (nSPS) is 10.5. The molecule has 23 heavy (non-hydrogen) atoms. The van der Waals surface area contributed by atoms with E-state index in [4.69, 9.17) is 12.2 Å². The van der Waals surface area contributed by atoms with Gasteiger partial charge in [0, 0.05) is 9.26 Å². The van der Waals surface area contributed by atoms with E-state index >= 15 is 0 Å². The summed E-state index contributed by atoms with van der Waals surface area (Å²) in [5, 5.41) is 5.75. The molecule has 0 aliphatic heterocycles. The van der Waals surface area contributed by atoms with E-state index in [1.54, 1.807) is 30.3 Å². The second-order valence-electron chi connectivity index (χ2n) is 4.73. The van der Waals surface area contributed by atoms with Gasteiger partial charge < -0.3 is 15.3 Å². The number of carbonyl (C=O) groups is 1. The molecular formula is C15H11IN4O2S. The lowest BCUT2D eigenvalue weighted by Crippen LogP contribution is -2.34. The van der Waals surface area contributed by atoms with Gasteiger partial charge >= 0.3 is 5.69 Å². The van der Waals surface area contributed by atoms with Crippen molar-refractivity contribution in [2.75, 3.05) is 5.32 Å². The van der Waals surface area contributed by atoms with Crippen LogP contribution in [-0.2, 0) is 0 Å². The Hall–Kier alpha value is -2.20. The van der Waals surface area contributed by atoms with E-state index in [0.717, 1.165) is 3.57 Å². The summed E-state index contributed by atoms with van der Waals surface area (Å²) in [7, 11) is 0. The van der Waals surface area contributed by atoms with Crippen molar-refractivity contribution >= 4 is 62.5 Å². The molecule has 0 fully saturated rings. The molecule has 116 valence electrons. The molecule has 0 saturated heterocycles. The molecule has 0 bridgehead atoms. The minimum absolute atomic E-state index is 0.187. The molecule has 0 aliphatic carbocycles. The lowest BCUT2D eigenvalue weighted by atomic mass is 10.2. The van der Waals surface area contributed by atoms with E-state index in [-0.39, 0.29) is 16.7 Å². The number of H-pyrrole nitrogens is 2. The second-order valence-corrected chi connectivity index (χ2v) is 6.30.